The van der Waals surface area contributed by atoms with Gasteiger partial charge in [-0.2, -0.15) is 0 Å². The van der Waals surface area contributed by atoms with Gasteiger partial charge in [0.25, 0.3) is 0 Å². The Kier molecular flexibility index (Phi) is 3.74. The molecule has 4 heteroatoms. The fraction of sp³-hybridized carbons (Fsp3) is 0.462. The molecule has 0 aliphatic carbocycles. The number of hydrogen-bond donors (Lipinski definition) is 1. The van der Waals surface area contributed by atoms with Crippen molar-refractivity contribution in [1.82, 2.24) is 5.32 Å². The second-order valence-corrected chi connectivity index (χ2v) is 4.33. The van der Waals surface area contributed by atoms with E-state index >= 15 is 0 Å². The highest BCUT2D eigenvalue weighted by Gasteiger charge is 2.29. The second-order valence-electron chi connectivity index (χ2n) is 4.33. The lowest BCUT2D eigenvalue weighted by atomic mass is 9.85. The molecule has 1 aliphatic rings. The molecule has 1 heterocycles. The Morgan fingerprint density at radius 2 is 2.18 bits per heavy atom. The summed E-state index contributed by atoms with van der Waals surface area (Å²) in [6, 6.07) is 6.73. The van der Waals surface area contributed by atoms with Crippen LogP contribution in [0.4, 0.5) is 4.39 Å². The number of hydrogen-bond acceptors (Lipinski definition) is 3. The Bertz CT molecular complexity index is 408. The highest BCUT2D eigenvalue weighted by atomic mass is 19.1. The Morgan fingerprint density at radius 3 is 2.88 bits per heavy atom. The molecule has 0 unspecified atom stereocenters. The second kappa shape index (κ2) is 5.27. The summed E-state index contributed by atoms with van der Waals surface area (Å²) in [6.45, 7) is 1.31. The van der Waals surface area contributed by atoms with Gasteiger partial charge in [0.15, 0.2) is 0 Å². The summed E-state index contributed by atoms with van der Waals surface area (Å²) in [5.74, 6) is -0.573. The van der Waals surface area contributed by atoms with Gasteiger partial charge >= 0.3 is 5.97 Å². The molecule has 0 aromatic heterocycles. The molecule has 0 spiro atoms. The SMILES string of the molecule is COC(=O)[C@H]1CNC[C@H](c2ccccc2F)C1. The van der Waals surface area contributed by atoms with Gasteiger partial charge in [-0.25, -0.2) is 4.39 Å². The summed E-state index contributed by atoms with van der Waals surface area (Å²) >= 11 is 0. The summed E-state index contributed by atoms with van der Waals surface area (Å²) in [5, 5.41) is 3.16. The molecule has 0 amide bonds. The molecule has 2 atom stereocenters. The number of halogens is 1. The molecule has 2 rings (SSSR count). The van der Waals surface area contributed by atoms with Gasteiger partial charge in [-0.15, -0.1) is 0 Å². The first kappa shape index (κ1) is 12.0. The Morgan fingerprint density at radius 1 is 1.41 bits per heavy atom. The predicted molar refractivity (Wildman–Crippen MR) is 62.1 cm³/mol. The molecule has 0 bridgehead atoms. The number of benzene rings is 1. The van der Waals surface area contributed by atoms with Crippen LogP contribution in [0.5, 0.6) is 0 Å². The van der Waals surface area contributed by atoms with Crippen LogP contribution in [0.25, 0.3) is 0 Å². The van der Waals surface area contributed by atoms with E-state index in [-0.39, 0.29) is 23.6 Å². The molecule has 92 valence electrons. The smallest absolute Gasteiger partial charge is 0.309 e. The number of methoxy groups -OCH3 is 1. The summed E-state index contributed by atoms with van der Waals surface area (Å²) in [7, 11) is 1.38. The van der Waals surface area contributed by atoms with Gasteiger partial charge in [0.1, 0.15) is 5.82 Å². The van der Waals surface area contributed by atoms with Crippen molar-refractivity contribution < 1.29 is 13.9 Å². The first-order valence-corrected chi connectivity index (χ1v) is 5.75. The van der Waals surface area contributed by atoms with Crippen LogP contribution in [0.2, 0.25) is 0 Å². The van der Waals surface area contributed by atoms with Gasteiger partial charge in [0, 0.05) is 19.0 Å². The average Bonchev–Trinajstić information content (AvgIpc) is 2.38. The fourth-order valence-corrected chi connectivity index (χ4v) is 2.33. The average molecular weight is 237 g/mol. The van der Waals surface area contributed by atoms with Crippen molar-refractivity contribution in [2.75, 3.05) is 20.2 Å². The number of nitrogens with one attached hydrogen (secondary N) is 1. The maximum absolute atomic E-state index is 13.6. The molecule has 0 radical (unpaired) electrons. The van der Waals surface area contributed by atoms with Crippen molar-refractivity contribution in [2.24, 2.45) is 5.92 Å². The standard InChI is InChI=1S/C13H16FNO2/c1-17-13(16)10-6-9(7-15-8-10)11-4-2-3-5-12(11)14/h2-5,9-10,15H,6-8H2,1H3/t9-,10-/m1/s1. The summed E-state index contributed by atoms with van der Waals surface area (Å²) in [6.07, 6.45) is 0.639. The Labute approximate surface area is 100.0 Å². The molecule has 1 aromatic rings. The van der Waals surface area contributed by atoms with Crippen LogP contribution in [0.15, 0.2) is 24.3 Å². The van der Waals surface area contributed by atoms with Crippen molar-refractivity contribution in [1.29, 1.82) is 0 Å². The van der Waals surface area contributed by atoms with E-state index in [2.05, 4.69) is 5.32 Å². The van der Waals surface area contributed by atoms with E-state index in [1.807, 2.05) is 6.07 Å². The molecular formula is C13H16FNO2. The maximum Gasteiger partial charge on any atom is 0.309 e. The molecule has 1 saturated heterocycles. The number of carbonyl (C=O) groups excluding carboxylic acids is 1. The van der Waals surface area contributed by atoms with Crippen molar-refractivity contribution in [2.45, 2.75) is 12.3 Å². The zero-order valence-electron chi connectivity index (χ0n) is 9.78. The number of piperidine rings is 1. The van der Waals surface area contributed by atoms with Crippen LogP contribution >= 0.6 is 0 Å². The number of rotatable bonds is 2. The molecule has 1 aliphatic heterocycles. The van der Waals surface area contributed by atoms with E-state index in [0.717, 1.165) is 0 Å². The minimum atomic E-state index is -0.224. The minimum absolute atomic E-state index is 0.0362. The molecule has 3 nitrogen and oxygen atoms in total. The van der Waals surface area contributed by atoms with Gasteiger partial charge in [0.05, 0.1) is 13.0 Å². The van der Waals surface area contributed by atoms with E-state index in [0.29, 0.717) is 25.1 Å². The number of carbonyl (C=O) groups is 1. The van der Waals surface area contributed by atoms with Crippen LogP contribution in [-0.4, -0.2) is 26.2 Å². The van der Waals surface area contributed by atoms with Gasteiger partial charge in [-0.3, -0.25) is 4.79 Å². The topological polar surface area (TPSA) is 38.3 Å². The highest BCUT2D eigenvalue weighted by Crippen LogP contribution is 2.28. The van der Waals surface area contributed by atoms with Crippen molar-refractivity contribution in [3.8, 4) is 0 Å². The van der Waals surface area contributed by atoms with Gasteiger partial charge in [-0.05, 0) is 18.1 Å². The predicted octanol–water partition coefficient (Wildman–Crippen LogP) is 1.69. The first-order chi connectivity index (χ1) is 8.22. The molecule has 0 saturated carbocycles. The van der Waals surface area contributed by atoms with E-state index < -0.39 is 0 Å². The van der Waals surface area contributed by atoms with E-state index in [4.69, 9.17) is 4.74 Å². The van der Waals surface area contributed by atoms with E-state index in [1.165, 1.54) is 13.2 Å². The summed E-state index contributed by atoms with van der Waals surface area (Å²) in [5.41, 5.74) is 0.675. The lowest BCUT2D eigenvalue weighted by molar-refractivity contribution is -0.146. The van der Waals surface area contributed by atoms with Crippen LogP contribution in [-0.2, 0) is 9.53 Å². The third-order valence-electron chi connectivity index (χ3n) is 3.23. The minimum Gasteiger partial charge on any atom is -0.469 e. The monoisotopic (exact) mass is 237 g/mol. The van der Waals surface area contributed by atoms with Crippen LogP contribution in [0, 0.1) is 11.7 Å². The largest absolute Gasteiger partial charge is 0.469 e. The number of esters is 1. The van der Waals surface area contributed by atoms with Gasteiger partial charge in [0.2, 0.25) is 0 Å². The quantitative estimate of drug-likeness (QED) is 0.795. The highest BCUT2D eigenvalue weighted by molar-refractivity contribution is 5.72. The first-order valence-electron chi connectivity index (χ1n) is 5.75. The van der Waals surface area contributed by atoms with E-state index in [9.17, 15) is 9.18 Å². The lowest BCUT2D eigenvalue weighted by Crippen LogP contribution is -2.39. The van der Waals surface area contributed by atoms with Crippen LogP contribution in [0.1, 0.15) is 17.9 Å². The third kappa shape index (κ3) is 2.64. The zero-order valence-corrected chi connectivity index (χ0v) is 9.78. The van der Waals surface area contributed by atoms with Gasteiger partial charge < -0.3 is 10.1 Å². The van der Waals surface area contributed by atoms with Crippen LogP contribution in [0.3, 0.4) is 0 Å². The molecule has 17 heavy (non-hydrogen) atoms. The maximum atomic E-state index is 13.6. The van der Waals surface area contributed by atoms with E-state index in [1.54, 1.807) is 12.1 Å². The van der Waals surface area contributed by atoms with Gasteiger partial charge in [-0.1, -0.05) is 18.2 Å². The summed E-state index contributed by atoms with van der Waals surface area (Å²) in [4.78, 5) is 11.5. The Hall–Kier alpha value is -1.42. The van der Waals surface area contributed by atoms with Crippen molar-refractivity contribution >= 4 is 5.97 Å². The van der Waals surface area contributed by atoms with Crippen molar-refractivity contribution in [3.63, 3.8) is 0 Å². The van der Waals surface area contributed by atoms with Crippen molar-refractivity contribution in [3.05, 3.63) is 35.6 Å². The molecule has 1 fully saturated rings. The fourth-order valence-electron chi connectivity index (χ4n) is 2.33. The Balaban J connectivity index is 2.12. The third-order valence-corrected chi connectivity index (χ3v) is 3.23. The molecular weight excluding hydrogens is 221 g/mol. The normalized spacial score (nSPS) is 24.4. The molecule has 1 N–H and O–H groups in total. The summed E-state index contributed by atoms with van der Waals surface area (Å²) < 4.78 is 18.4. The molecule has 1 aromatic carbocycles. The van der Waals surface area contributed by atoms with Crippen LogP contribution < -0.4 is 5.32 Å². The zero-order chi connectivity index (χ0) is 12.3. The number of ether oxygens (including phenoxy) is 1. The lowest BCUT2D eigenvalue weighted by Gasteiger charge is -2.28.